The quantitative estimate of drug-likeness (QED) is 0.527. The molecule has 5 nitrogen and oxygen atoms in total. The van der Waals surface area contributed by atoms with Crippen LogP contribution in [0.25, 0.3) is 0 Å². The molecule has 7 heteroatoms. The number of sulfonamides is 1. The lowest BCUT2D eigenvalue weighted by Gasteiger charge is -2.11. The smallest absolute Gasteiger partial charge is 0.208 e. The molecule has 1 aromatic rings. The molecule has 100 valence electrons. The van der Waals surface area contributed by atoms with Gasteiger partial charge in [0.2, 0.25) is 10.0 Å². The van der Waals surface area contributed by atoms with E-state index in [0.29, 0.717) is 18.1 Å². The van der Waals surface area contributed by atoms with E-state index in [9.17, 15) is 8.42 Å². The Bertz CT molecular complexity index is 541. The van der Waals surface area contributed by atoms with E-state index in [4.69, 9.17) is 18.0 Å². The minimum Gasteiger partial charge on any atom is -0.389 e. The number of hydrogen-bond acceptors (Lipinski definition) is 4. The first kappa shape index (κ1) is 14.9. The minimum atomic E-state index is -3.13. The summed E-state index contributed by atoms with van der Waals surface area (Å²) in [7, 11) is -3.13. The van der Waals surface area contributed by atoms with E-state index < -0.39 is 10.0 Å². The van der Waals surface area contributed by atoms with Crippen LogP contribution in [-0.2, 0) is 10.0 Å². The molecule has 0 atom stereocenters. The number of hydrogen-bond donors (Lipinski definition) is 3. The summed E-state index contributed by atoms with van der Waals surface area (Å²) in [5, 5.41) is 3.14. The average molecular weight is 287 g/mol. The molecule has 0 radical (unpaired) electrons. The molecule has 0 spiro atoms. The minimum absolute atomic E-state index is 0.343. The van der Waals surface area contributed by atoms with Gasteiger partial charge < -0.3 is 11.1 Å². The fraction of sp³-hybridized carbons (Fsp3) is 0.364. The summed E-state index contributed by atoms with van der Waals surface area (Å²) >= 11 is 4.89. The number of nitrogens with two attached hydrogens (primary N) is 1. The third-order valence-corrected chi connectivity index (χ3v) is 3.28. The van der Waals surface area contributed by atoms with Gasteiger partial charge in [-0.1, -0.05) is 12.2 Å². The molecule has 1 rings (SSSR count). The van der Waals surface area contributed by atoms with Crippen molar-refractivity contribution in [3.8, 4) is 0 Å². The molecular formula is C11H17N3O2S2. The molecule has 0 aliphatic rings. The van der Waals surface area contributed by atoms with E-state index in [1.807, 2.05) is 25.1 Å². The maximum Gasteiger partial charge on any atom is 0.208 e. The zero-order valence-electron chi connectivity index (χ0n) is 10.4. The second kappa shape index (κ2) is 6.12. The highest BCUT2D eigenvalue weighted by atomic mass is 32.2. The number of anilines is 1. The third kappa shape index (κ3) is 4.99. The van der Waals surface area contributed by atoms with Gasteiger partial charge in [0.1, 0.15) is 4.99 Å². The lowest BCUT2D eigenvalue weighted by atomic mass is 10.1. The van der Waals surface area contributed by atoms with Gasteiger partial charge in [0, 0.05) is 24.3 Å². The molecular weight excluding hydrogens is 270 g/mol. The maximum absolute atomic E-state index is 10.9. The van der Waals surface area contributed by atoms with Gasteiger partial charge in [-0.25, -0.2) is 13.1 Å². The second-order valence-electron chi connectivity index (χ2n) is 3.99. The molecule has 0 saturated heterocycles. The van der Waals surface area contributed by atoms with Crippen molar-refractivity contribution in [2.45, 2.75) is 6.92 Å². The number of aryl methyl sites for hydroxylation is 1. The van der Waals surface area contributed by atoms with Crippen LogP contribution in [0.1, 0.15) is 11.1 Å². The molecule has 0 heterocycles. The predicted octanol–water partition coefficient (Wildman–Crippen LogP) is 0.590. The van der Waals surface area contributed by atoms with E-state index in [1.165, 1.54) is 0 Å². The normalized spacial score (nSPS) is 11.2. The predicted molar refractivity (Wildman–Crippen MR) is 78.4 cm³/mol. The van der Waals surface area contributed by atoms with Crippen molar-refractivity contribution in [2.75, 3.05) is 24.7 Å². The van der Waals surface area contributed by atoms with Gasteiger partial charge in [0.25, 0.3) is 0 Å². The molecule has 0 amide bonds. The van der Waals surface area contributed by atoms with Crippen molar-refractivity contribution < 1.29 is 8.42 Å². The summed E-state index contributed by atoms with van der Waals surface area (Å²) in [6, 6.07) is 5.61. The third-order valence-electron chi connectivity index (χ3n) is 2.32. The summed E-state index contributed by atoms with van der Waals surface area (Å²) in [4.78, 5) is 0.364. The van der Waals surface area contributed by atoms with Crippen molar-refractivity contribution in [1.82, 2.24) is 4.72 Å². The monoisotopic (exact) mass is 287 g/mol. The number of rotatable bonds is 6. The Morgan fingerprint density at radius 1 is 1.39 bits per heavy atom. The van der Waals surface area contributed by atoms with Gasteiger partial charge in [-0.3, -0.25) is 0 Å². The zero-order chi connectivity index (χ0) is 13.8. The first-order valence-electron chi connectivity index (χ1n) is 5.38. The molecule has 0 bridgehead atoms. The van der Waals surface area contributed by atoms with E-state index in [-0.39, 0.29) is 0 Å². The Balaban J connectivity index is 2.56. The SMILES string of the molecule is Cc1cc(C(N)=S)ccc1NCCNS(C)(=O)=O. The molecule has 0 fully saturated rings. The van der Waals surface area contributed by atoms with Crippen molar-refractivity contribution in [3.63, 3.8) is 0 Å². The van der Waals surface area contributed by atoms with Crippen molar-refractivity contribution in [2.24, 2.45) is 5.73 Å². The summed E-state index contributed by atoms with van der Waals surface area (Å²) < 4.78 is 24.1. The zero-order valence-corrected chi connectivity index (χ0v) is 12.0. The fourth-order valence-corrected chi connectivity index (χ4v) is 2.05. The van der Waals surface area contributed by atoms with Gasteiger partial charge in [-0.15, -0.1) is 0 Å². The highest BCUT2D eigenvalue weighted by Crippen LogP contribution is 2.16. The van der Waals surface area contributed by atoms with Crippen LogP contribution in [0.2, 0.25) is 0 Å². The van der Waals surface area contributed by atoms with Gasteiger partial charge in [0.05, 0.1) is 6.26 Å². The molecule has 0 aliphatic carbocycles. The van der Waals surface area contributed by atoms with E-state index in [0.717, 1.165) is 23.1 Å². The molecule has 1 aromatic carbocycles. The van der Waals surface area contributed by atoms with Crippen LogP contribution in [0.5, 0.6) is 0 Å². The average Bonchev–Trinajstić information content (AvgIpc) is 2.24. The number of benzene rings is 1. The van der Waals surface area contributed by atoms with Crippen LogP contribution < -0.4 is 15.8 Å². The lowest BCUT2D eigenvalue weighted by Crippen LogP contribution is -2.27. The molecule has 18 heavy (non-hydrogen) atoms. The Morgan fingerprint density at radius 3 is 2.56 bits per heavy atom. The molecule has 0 aromatic heterocycles. The highest BCUT2D eigenvalue weighted by molar-refractivity contribution is 7.88. The van der Waals surface area contributed by atoms with Gasteiger partial charge in [-0.2, -0.15) is 0 Å². The Kier molecular flexibility index (Phi) is 5.06. The van der Waals surface area contributed by atoms with Crippen LogP contribution >= 0.6 is 12.2 Å². The maximum atomic E-state index is 10.9. The van der Waals surface area contributed by atoms with Crippen molar-refractivity contribution in [1.29, 1.82) is 0 Å². The summed E-state index contributed by atoms with van der Waals surface area (Å²) in [6.07, 6.45) is 1.13. The standard InChI is InChI=1S/C11H17N3O2S2/c1-8-7-9(11(12)17)3-4-10(8)13-5-6-14-18(2,15)16/h3-4,7,13-14H,5-6H2,1-2H3,(H2,12,17). The van der Waals surface area contributed by atoms with Gasteiger partial charge in [0.15, 0.2) is 0 Å². The first-order valence-corrected chi connectivity index (χ1v) is 7.68. The van der Waals surface area contributed by atoms with Crippen LogP contribution in [0, 0.1) is 6.92 Å². The number of thiocarbonyl (C=S) groups is 1. The fourth-order valence-electron chi connectivity index (χ4n) is 1.45. The molecule has 0 aliphatic heterocycles. The Labute approximate surface area is 113 Å². The molecule has 0 saturated carbocycles. The van der Waals surface area contributed by atoms with Gasteiger partial charge in [-0.05, 0) is 30.7 Å². The summed E-state index contributed by atoms with van der Waals surface area (Å²) in [6.45, 7) is 2.80. The summed E-state index contributed by atoms with van der Waals surface area (Å²) in [5.74, 6) is 0. The molecule has 4 N–H and O–H groups in total. The highest BCUT2D eigenvalue weighted by Gasteiger charge is 2.02. The van der Waals surface area contributed by atoms with Crippen molar-refractivity contribution in [3.05, 3.63) is 29.3 Å². The lowest BCUT2D eigenvalue weighted by molar-refractivity contribution is 0.589. The van der Waals surface area contributed by atoms with E-state index in [1.54, 1.807) is 0 Å². The Hall–Kier alpha value is -1.18. The van der Waals surface area contributed by atoms with E-state index >= 15 is 0 Å². The molecule has 0 unspecified atom stereocenters. The van der Waals surface area contributed by atoms with Gasteiger partial charge >= 0.3 is 0 Å². The number of nitrogens with one attached hydrogen (secondary N) is 2. The van der Waals surface area contributed by atoms with Crippen LogP contribution in [0.4, 0.5) is 5.69 Å². The van der Waals surface area contributed by atoms with Crippen molar-refractivity contribution >= 4 is 32.9 Å². The summed E-state index contributed by atoms with van der Waals surface area (Å²) in [5.41, 5.74) is 8.31. The van der Waals surface area contributed by atoms with Crippen LogP contribution in [0.15, 0.2) is 18.2 Å². The largest absolute Gasteiger partial charge is 0.389 e. The second-order valence-corrected chi connectivity index (χ2v) is 6.26. The van der Waals surface area contributed by atoms with E-state index in [2.05, 4.69) is 10.0 Å². The van der Waals surface area contributed by atoms with Crippen LogP contribution in [-0.4, -0.2) is 32.8 Å². The topological polar surface area (TPSA) is 84.2 Å². The van der Waals surface area contributed by atoms with Crippen LogP contribution in [0.3, 0.4) is 0 Å². The first-order chi connectivity index (χ1) is 8.29. The Morgan fingerprint density at radius 2 is 2.06 bits per heavy atom.